The van der Waals surface area contributed by atoms with Gasteiger partial charge in [0.1, 0.15) is 0 Å². The lowest BCUT2D eigenvalue weighted by Crippen LogP contribution is -2.38. The zero-order chi connectivity index (χ0) is 16.3. The van der Waals surface area contributed by atoms with Gasteiger partial charge in [0.25, 0.3) is 0 Å². The van der Waals surface area contributed by atoms with Crippen molar-refractivity contribution in [3.8, 4) is 0 Å². The minimum atomic E-state index is 0.701. The molecule has 1 aliphatic carbocycles. The maximum Gasteiger partial charge on any atom is 0.0272 e. The lowest BCUT2D eigenvalue weighted by atomic mass is 9.82. The first kappa shape index (κ1) is 19.2. The van der Waals surface area contributed by atoms with Gasteiger partial charge in [-0.05, 0) is 31.1 Å². The van der Waals surface area contributed by atoms with Gasteiger partial charge in [0.05, 0.1) is 0 Å². The fraction of sp³-hybridized carbons (Fsp3) is 1.00. The molecule has 2 fully saturated rings. The van der Waals surface area contributed by atoms with Crippen LogP contribution >= 0.6 is 0 Å². The second-order valence-electron chi connectivity index (χ2n) is 8.30. The lowest BCUT2D eigenvalue weighted by molar-refractivity contribution is 0.210. The van der Waals surface area contributed by atoms with Crippen LogP contribution < -0.4 is 5.84 Å². The lowest BCUT2D eigenvalue weighted by Gasteiger charge is -2.25. The fourth-order valence-electron chi connectivity index (χ4n) is 5.02. The summed E-state index contributed by atoms with van der Waals surface area (Å²) < 4.78 is 0. The van der Waals surface area contributed by atoms with Gasteiger partial charge in [-0.15, -0.1) is 0 Å². The van der Waals surface area contributed by atoms with E-state index >= 15 is 0 Å². The Morgan fingerprint density at radius 3 is 2.13 bits per heavy atom. The van der Waals surface area contributed by atoms with Gasteiger partial charge in [-0.2, -0.15) is 0 Å². The van der Waals surface area contributed by atoms with Crippen molar-refractivity contribution in [3.63, 3.8) is 0 Å². The molecule has 0 aromatic carbocycles. The molecule has 2 nitrogen and oxygen atoms in total. The molecule has 136 valence electrons. The van der Waals surface area contributed by atoms with E-state index in [1.165, 1.54) is 109 Å². The number of fused-ring (bicyclic) bond motifs is 1. The second-order valence-corrected chi connectivity index (χ2v) is 8.30. The van der Waals surface area contributed by atoms with Crippen LogP contribution in [-0.2, 0) is 0 Å². The van der Waals surface area contributed by atoms with E-state index in [0.29, 0.717) is 6.04 Å². The number of hydrogen-bond acceptors (Lipinski definition) is 2. The van der Waals surface area contributed by atoms with Crippen molar-refractivity contribution in [1.29, 1.82) is 0 Å². The van der Waals surface area contributed by atoms with Crippen LogP contribution in [-0.4, -0.2) is 17.6 Å². The maximum absolute atomic E-state index is 6.38. The Labute approximate surface area is 145 Å². The molecule has 23 heavy (non-hydrogen) atoms. The Hall–Kier alpha value is -0.0800. The summed E-state index contributed by atoms with van der Waals surface area (Å²) in [6, 6.07) is 0.701. The van der Waals surface area contributed by atoms with Crippen molar-refractivity contribution in [2.75, 3.05) is 6.54 Å². The van der Waals surface area contributed by atoms with Crippen LogP contribution in [0.3, 0.4) is 0 Å². The molecule has 2 heteroatoms. The normalized spacial score (nSPS) is 29.7. The smallest absolute Gasteiger partial charge is 0.0272 e. The van der Waals surface area contributed by atoms with Gasteiger partial charge in [0.2, 0.25) is 0 Å². The molecule has 0 aromatic rings. The van der Waals surface area contributed by atoms with E-state index in [1.54, 1.807) is 0 Å². The highest BCUT2D eigenvalue weighted by molar-refractivity contribution is 4.91. The zero-order valence-electron chi connectivity index (χ0n) is 15.8. The zero-order valence-corrected chi connectivity index (χ0v) is 15.8. The molecule has 1 saturated heterocycles. The highest BCUT2D eigenvalue weighted by Crippen LogP contribution is 2.38. The minimum Gasteiger partial charge on any atom is -0.269 e. The molecular formula is C21H42N2. The van der Waals surface area contributed by atoms with E-state index in [4.69, 9.17) is 5.84 Å². The Morgan fingerprint density at radius 1 is 0.783 bits per heavy atom. The van der Waals surface area contributed by atoms with Gasteiger partial charge >= 0.3 is 0 Å². The molecule has 0 radical (unpaired) electrons. The quantitative estimate of drug-likeness (QED) is 0.413. The summed E-state index contributed by atoms with van der Waals surface area (Å²) in [7, 11) is 0. The third-order valence-corrected chi connectivity index (χ3v) is 6.44. The van der Waals surface area contributed by atoms with Crippen LogP contribution in [0.15, 0.2) is 0 Å². The molecule has 0 bridgehead atoms. The van der Waals surface area contributed by atoms with Crippen LogP contribution in [0.5, 0.6) is 0 Å². The van der Waals surface area contributed by atoms with Gasteiger partial charge in [-0.25, -0.2) is 5.01 Å². The summed E-state index contributed by atoms with van der Waals surface area (Å²) in [5, 5.41) is 2.23. The Morgan fingerprint density at radius 2 is 1.39 bits per heavy atom. The predicted molar refractivity (Wildman–Crippen MR) is 101 cm³/mol. The van der Waals surface area contributed by atoms with Crippen molar-refractivity contribution < 1.29 is 0 Å². The average Bonchev–Trinajstić information content (AvgIpc) is 2.90. The SMILES string of the molecule is CCCCCCCCCCC1CN(N)C2CCCCCCCC12. The molecule has 2 N–H and O–H groups in total. The van der Waals surface area contributed by atoms with Crippen LogP contribution in [0.2, 0.25) is 0 Å². The largest absolute Gasteiger partial charge is 0.269 e. The van der Waals surface area contributed by atoms with E-state index in [0.717, 1.165) is 11.8 Å². The number of hydrazine groups is 1. The third-order valence-electron chi connectivity index (χ3n) is 6.44. The van der Waals surface area contributed by atoms with E-state index in [-0.39, 0.29) is 0 Å². The molecule has 1 heterocycles. The van der Waals surface area contributed by atoms with E-state index < -0.39 is 0 Å². The summed E-state index contributed by atoms with van der Waals surface area (Å²) in [5.74, 6) is 8.18. The summed E-state index contributed by atoms with van der Waals surface area (Å²) in [5.41, 5.74) is 0. The Bertz CT molecular complexity index is 292. The molecular weight excluding hydrogens is 280 g/mol. The van der Waals surface area contributed by atoms with Crippen molar-refractivity contribution in [2.24, 2.45) is 17.7 Å². The van der Waals surface area contributed by atoms with Crippen molar-refractivity contribution >= 4 is 0 Å². The standard InChI is InChI=1S/C21H42N2/c1-2-3-4-5-6-7-9-12-15-19-18-23(22)21-17-14-11-8-10-13-16-20(19)21/h19-21H,2-18,22H2,1H3. The van der Waals surface area contributed by atoms with Crippen LogP contribution in [0.1, 0.15) is 110 Å². The molecule has 0 amide bonds. The van der Waals surface area contributed by atoms with Gasteiger partial charge in [-0.1, -0.05) is 90.4 Å². The van der Waals surface area contributed by atoms with Crippen LogP contribution in [0, 0.1) is 11.8 Å². The topological polar surface area (TPSA) is 29.3 Å². The van der Waals surface area contributed by atoms with Crippen LogP contribution in [0.4, 0.5) is 0 Å². The van der Waals surface area contributed by atoms with Gasteiger partial charge < -0.3 is 0 Å². The van der Waals surface area contributed by atoms with E-state index in [9.17, 15) is 0 Å². The highest BCUT2D eigenvalue weighted by Gasteiger charge is 2.39. The molecule has 1 aliphatic heterocycles. The van der Waals surface area contributed by atoms with Gasteiger partial charge in [-0.3, -0.25) is 5.84 Å². The molecule has 2 rings (SSSR count). The number of hydrogen-bond donors (Lipinski definition) is 1. The first-order valence-corrected chi connectivity index (χ1v) is 10.8. The number of unbranched alkanes of at least 4 members (excludes halogenated alkanes) is 7. The molecule has 3 unspecified atom stereocenters. The number of nitrogens with two attached hydrogens (primary N) is 1. The molecule has 2 aliphatic rings. The first-order valence-electron chi connectivity index (χ1n) is 10.8. The van der Waals surface area contributed by atoms with Gasteiger partial charge in [0.15, 0.2) is 0 Å². The summed E-state index contributed by atoms with van der Waals surface area (Å²) in [4.78, 5) is 0. The maximum atomic E-state index is 6.38. The van der Waals surface area contributed by atoms with Crippen molar-refractivity contribution in [2.45, 2.75) is 116 Å². The third kappa shape index (κ3) is 6.74. The number of nitrogens with zero attached hydrogens (tertiary/aromatic N) is 1. The first-order chi connectivity index (χ1) is 11.3. The van der Waals surface area contributed by atoms with Crippen molar-refractivity contribution in [3.05, 3.63) is 0 Å². The summed E-state index contributed by atoms with van der Waals surface area (Å²) in [6.07, 6.45) is 22.9. The predicted octanol–water partition coefficient (Wildman–Crippen LogP) is 6.05. The fourth-order valence-corrected chi connectivity index (χ4v) is 5.02. The van der Waals surface area contributed by atoms with E-state index in [2.05, 4.69) is 11.9 Å². The highest BCUT2D eigenvalue weighted by atomic mass is 15.4. The Balaban J connectivity index is 1.64. The second kappa shape index (κ2) is 11.5. The van der Waals surface area contributed by atoms with Crippen molar-refractivity contribution in [1.82, 2.24) is 5.01 Å². The van der Waals surface area contributed by atoms with Gasteiger partial charge in [0, 0.05) is 12.6 Å². The summed E-state index contributed by atoms with van der Waals surface area (Å²) >= 11 is 0. The average molecular weight is 323 g/mol. The number of rotatable bonds is 9. The molecule has 0 aromatic heterocycles. The monoisotopic (exact) mass is 322 g/mol. The molecule has 3 atom stereocenters. The Kier molecular flexibility index (Phi) is 9.60. The van der Waals surface area contributed by atoms with E-state index in [1.807, 2.05) is 0 Å². The molecule has 0 spiro atoms. The summed E-state index contributed by atoms with van der Waals surface area (Å²) in [6.45, 7) is 3.47. The van der Waals surface area contributed by atoms with Crippen LogP contribution in [0.25, 0.3) is 0 Å². The molecule has 1 saturated carbocycles. The minimum absolute atomic E-state index is 0.701.